The second kappa shape index (κ2) is 9.68. The number of anilines is 1. The fourth-order valence-electron chi connectivity index (χ4n) is 2.70. The Morgan fingerprint density at radius 1 is 1.21 bits per heavy atom. The number of halogens is 1. The van der Waals surface area contributed by atoms with Crippen LogP contribution in [0.2, 0.25) is 5.02 Å². The van der Waals surface area contributed by atoms with E-state index < -0.39 is 0 Å². The zero-order valence-electron chi connectivity index (χ0n) is 15.8. The molecule has 1 N–H and O–H groups in total. The van der Waals surface area contributed by atoms with Gasteiger partial charge >= 0.3 is 0 Å². The Balaban J connectivity index is 1.55. The number of rotatable bonds is 8. The number of nitrogens with zero attached hydrogens (tertiary/aromatic N) is 2. The van der Waals surface area contributed by atoms with Gasteiger partial charge in [0.05, 0.1) is 29.6 Å². The summed E-state index contributed by atoms with van der Waals surface area (Å²) in [4.78, 5) is 18.8. The SMILES string of the molecule is CCOc1ccc(-c2nc(CN(C)CC(=O)Nc3ccccc3Cl)cs2)cc1. The molecule has 5 nitrogen and oxygen atoms in total. The Labute approximate surface area is 173 Å². The van der Waals surface area contributed by atoms with Crippen molar-refractivity contribution in [3.05, 3.63) is 64.6 Å². The number of thiazole rings is 1. The molecule has 0 spiro atoms. The summed E-state index contributed by atoms with van der Waals surface area (Å²) in [6.07, 6.45) is 0. The molecule has 7 heteroatoms. The average molecular weight is 416 g/mol. The van der Waals surface area contributed by atoms with E-state index in [9.17, 15) is 4.79 Å². The van der Waals surface area contributed by atoms with Gasteiger partial charge in [0.1, 0.15) is 10.8 Å². The van der Waals surface area contributed by atoms with E-state index in [4.69, 9.17) is 16.3 Å². The first-order chi connectivity index (χ1) is 13.5. The van der Waals surface area contributed by atoms with E-state index in [1.54, 1.807) is 23.5 Å². The van der Waals surface area contributed by atoms with Gasteiger partial charge < -0.3 is 10.1 Å². The molecule has 28 heavy (non-hydrogen) atoms. The van der Waals surface area contributed by atoms with Crippen LogP contribution in [0.4, 0.5) is 5.69 Å². The number of nitrogens with one attached hydrogen (secondary N) is 1. The summed E-state index contributed by atoms with van der Waals surface area (Å²) in [6, 6.07) is 15.1. The van der Waals surface area contributed by atoms with Crippen LogP contribution in [0.3, 0.4) is 0 Å². The van der Waals surface area contributed by atoms with Crippen LogP contribution in [0.15, 0.2) is 53.9 Å². The average Bonchev–Trinajstić information content (AvgIpc) is 3.12. The van der Waals surface area contributed by atoms with Gasteiger partial charge in [-0.05, 0) is 50.4 Å². The van der Waals surface area contributed by atoms with Gasteiger partial charge in [-0.2, -0.15) is 0 Å². The lowest BCUT2D eigenvalue weighted by molar-refractivity contribution is -0.117. The molecular formula is C21H22ClN3O2S. The number of aromatic nitrogens is 1. The Kier molecular flexibility index (Phi) is 7.03. The first-order valence-corrected chi connectivity index (χ1v) is 10.2. The van der Waals surface area contributed by atoms with Crippen LogP contribution in [0.25, 0.3) is 10.6 Å². The number of carbonyl (C=O) groups is 1. The lowest BCUT2D eigenvalue weighted by atomic mass is 10.2. The lowest BCUT2D eigenvalue weighted by Crippen LogP contribution is -2.30. The predicted octanol–water partition coefficient (Wildman–Crippen LogP) is 4.93. The summed E-state index contributed by atoms with van der Waals surface area (Å²) in [5, 5.41) is 6.33. The van der Waals surface area contributed by atoms with Gasteiger partial charge in [-0.15, -0.1) is 11.3 Å². The summed E-state index contributed by atoms with van der Waals surface area (Å²) in [6.45, 7) is 3.45. The molecule has 1 aromatic heterocycles. The van der Waals surface area contributed by atoms with E-state index in [1.807, 2.05) is 60.6 Å². The molecule has 0 atom stereocenters. The van der Waals surface area contributed by atoms with Gasteiger partial charge in [0, 0.05) is 17.5 Å². The van der Waals surface area contributed by atoms with Crippen molar-refractivity contribution < 1.29 is 9.53 Å². The highest BCUT2D eigenvalue weighted by Crippen LogP contribution is 2.26. The summed E-state index contributed by atoms with van der Waals surface area (Å²) in [7, 11) is 1.89. The van der Waals surface area contributed by atoms with E-state index >= 15 is 0 Å². The zero-order valence-corrected chi connectivity index (χ0v) is 17.4. The van der Waals surface area contributed by atoms with Gasteiger partial charge in [-0.3, -0.25) is 9.69 Å². The van der Waals surface area contributed by atoms with Gasteiger partial charge in [0.15, 0.2) is 0 Å². The number of carbonyl (C=O) groups excluding carboxylic acids is 1. The van der Waals surface area contributed by atoms with Crippen molar-refractivity contribution in [1.82, 2.24) is 9.88 Å². The number of benzene rings is 2. The Morgan fingerprint density at radius 3 is 2.68 bits per heavy atom. The second-order valence-corrected chi connectivity index (χ2v) is 7.57. The van der Waals surface area contributed by atoms with Crippen LogP contribution < -0.4 is 10.1 Å². The molecular weight excluding hydrogens is 394 g/mol. The van der Waals surface area contributed by atoms with Crippen LogP contribution in [0.1, 0.15) is 12.6 Å². The van der Waals surface area contributed by atoms with Gasteiger partial charge in [0.25, 0.3) is 0 Å². The number of hydrogen-bond donors (Lipinski definition) is 1. The van der Waals surface area contributed by atoms with Crippen molar-refractivity contribution in [1.29, 1.82) is 0 Å². The van der Waals surface area contributed by atoms with Crippen LogP contribution in [0, 0.1) is 0 Å². The smallest absolute Gasteiger partial charge is 0.238 e. The van der Waals surface area contributed by atoms with Crippen LogP contribution in [-0.2, 0) is 11.3 Å². The molecule has 0 radical (unpaired) electrons. The van der Waals surface area contributed by atoms with E-state index in [2.05, 4.69) is 10.3 Å². The highest BCUT2D eigenvalue weighted by molar-refractivity contribution is 7.13. The summed E-state index contributed by atoms with van der Waals surface area (Å²) >= 11 is 7.67. The zero-order chi connectivity index (χ0) is 19.9. The molecule has 146 valence electrons. The van der Waals surface area contributed by atoms with Crippen molar-refractivity contribution in [2.45, 2.75) is 13.5 Å². The normalized spacial score (nSPS) is 10.9. The van der Waals surface area contributed by atoms with Crippen molar-refractivity contribution in [3.8, 4) is 16.3 Å². The summed E-state index contributed by atoms with van der Waals surface area (Å²) < 4.78 is 5.47. The third kappa shape index (κ3) is 5.55. The minimum Gasteiger partial charge on any atom is -0.494 e. The highest BCUT2D eigenvalue weighted by atomic mass is 35.5. The highest BCUT2D eigenvalue weighted by Gasteiger charge is 2.12. The fraction of sp³-hybridized carbons (Fsp3) is 0.238. The molecule has 3 aromatic rings. The van der Waals surface area contributed by atoms with E-state index in [0.29, 0.717) is 23.9 Å². The van der Waals surface area contributed by atoms with Crippen LogP contribution >= 0.6 is 22.9 Å². The molecule has 1 heterocycles. The minimum absolute atomic E-state index is 0.113. The minimum atomic E-state index is -0.113. The summed E-state index contributed by atoms with van der Waals surface area (Å²) in [5.41, 5.74) is 2.61. The maximum atomic E-state index is 12.2. The predicted molar refractivity (Wildman–Crippen MR) is 115 cm³/mol. The van der Waals surface area contributed by atoms with Gasteiger partial charge in [-0.25, -0.2) is 4.98 Å². The molecule has 0 bridgehead atoms. The monoisotopic (exact) mass is 415 g/mol. The van der Waals surface area contributed by atoms with Gasteiger partial charge in [-0.1, -0.05) is 23.7 Å². The van der Waals surface area contributed by atoms with Crippen molar-refractivity contribution in [2.75, 3.05) is 25.5 Å². The first kappa shape index (κ1) is 20.3. The van der Waals surface area contributed by atoms with Crippen molar-refractivity contribution >= 4 is 34.5 Å². The fourth-order valence-corrected chi connectivity index (χ4v) is 3.70. The molecule has 0 aliphatic rings. The topological polar surface area (TPSA) is 54.5 Å². The second-order valence-electron chi connectivity index (χ2n) is 6.30. The number of likely N-dealkylation sites (N-methyl/N-ethyl adjacent to an activating group) is 1. The van der Waals surface area contributed by atoms with Crippen molar-refractivity contribution in [2.24, 2.45) is 0 Å². The molecule has 1 amide bonds. The molecule has 0 unspecified atom stereocenters. The molecule has 3 rings (SSSR count). The Bertz CT molecular complexity index is 927. The lowest BCUT2D eigenvalue weighted by Gasteiger charge is -2.15. The molecule has 0 aliphatic carbocycles. The third-order valence-electron chi connectivity index (χ3n) is 3.96. The molecule has 0 fully saturated rings. The Morgan fingerprint density at radius 2 is 1.96 bits per heavy atom. The third-order valence-corrected chi connectivity index (χ3v) is 5.23. The van der Waals surface area contributed by atoms with E-state index in [-0.39, 0.29) is 12.5 Å². The molecule has 0 aliphatic heterocycles. The standard InChI is InChI=1S/C21H22ClN3O2S/c1-3-27-17-10-8-15(9-11-17)21-23-16(14-28-21)12-25(2)13-20(26)24-19-7-5-4-6-18(19)22/h4-11,14H,3,12-13H2,1-2H3,(H,24,26). The molecule has 0 saturated heterocycles. The number of amides is 1. The van der Waals surface area contributed by atoms with Crippen LogP contribution in [0.5, 0.6) is 5.75 Å². The Hall–Kier alpha value is -2.41. The van der Waals surface area contributed by atoms with E-state index in [1.165, 1.54) is 0 Å². The van der Waals surface area contributed by atoms with E-state index in [0.717, 1.165) is 22.0 Å². The number of ether oxygens (including phenoxy) is 1. The molecule has 0 saturated carbocycles. The maximum absolute atomic E-state index is 12.2. The number of hydrogen-bond acceptors (Lipinski definition) is 5. The van der Waals surface area contributed by atoms with Gasteiger partial charge in [0.2, 0.25) is 5.91 Å². The number of para-hydroxylation sites is 1. The first-order valence-electron chi connectivity index (χ1n) is 8.95. The molecule has 2 aromatic carbocycles. The largest absolute Gasteiger partial charge is 0.494 e. The van der Waals surface area contributed by atoms with Crippen LogP contribution in [-0.4, -0.2) is 36.0 Å². The quantitative estimate of drug-likeness (QED) is 0.566. The van der Waals surface area contributed by atoms with Crippen molar-refractivity contribution in [3.63, 3.8) is 0 Å². The maximum Gasteiger partial charge on any atom is 0.238 e. The summed E-state index contributed by atoms with van der Waals surface area (Å²) in [5.74, 6) is 0.741.